The van der Waals surface area contributed by atoms with Gasteiger partial charge in [0.25, 0.3) is 11.5 Å². The van der Waals surface area contributed by atoms with E-state index in [2.05, 4.69) is 27.2 Å². The Morgan fingerprint density at radius 1 is 1.05 bits per heavy atom. The molecular weight excluding hydrogens is 514 g/mol. The summed E-state index contributed by atoms with van der Waals surface area (Å²) in [4.78, 5) is 43.8. The summed E-state index contributed by atoms with van der Waals surface area (Å²) in [5, 5.41) is 8.61. The lowest BCUT2D eigenvalue weighted by atomic mass is 10.0. The zero-order valence-corrected chi connectivity index (χ0v) is 22.5. The molecule has 0 saturated carbocycles. The molecule has 0 aliphatic heterocycles. The van der Waals surface area contributed by atoms with Crippen molar-refractivity contribution in [2.45, 2.75) is 26.3 Å². The summed E-state index contributed by atoms with van der Waals surface area (Å²) < 4.78 is 3.19. The van der Waals surface area contributed by atoms with Gasteiger partial charge in [0.15, 0.2) is 11.4 Å². The molecule has 5 aromatic rings. The normalized spacial score (nSPS) is 13.5. The van der Waals surface area contributed by atoms with E-state index in [-0.39, 0.29) is 17.2 Å². The number of allylic oxidation sites excluding steroid dienone is 4. The smallest absolute Gasteiger partial charge is 0.264 e. The average molecular weight is 540 g/mol. The van der Waals surface area contributed by atoms with E-state index in [1.54, 1.807) is 46.6 Å². The van der Waals surface area contributed by atoms with Crippen LogP contribution in [-0.4, -0.2) is 30.9 Å². The number of benzene rings is 2. The van der Waals surface area contributed by atoms with Gasteiger partial charge in [-0.3, -0.25) is 19.0 Å². The highest BCUT2D eigenvalue weighted by atomic mass is 16.2. The Balaban J connectivity index is 1.47. The van der Waals surface area contributed by atoms with Crippen molar-refractivity contribution < 1.29 is 9.59 Å². The maximum absolute atomic E-state index is 14.2. The molecule has 1 aliphatic rings. The molecule has 200 valence electrons. The van der Waals surface area contributed by atoms with E-state index in [4.69, 9.17) is 0 Å². The first-order valence-corrected chi connectivity index (χ1v) is 13.2. The molecule has 0 bridgehead atoms. The number of hydrogen-bond acceptors (Lipinski definition) is 5. The van der Waals surface area contributed by atoms with Gasteiger partial charge in [0.05, 0.1) is 17.1 Å². The molecule has 0 radical (unpaired) electrons. The zero-order chi connectivity index (χ0) is 28.5. The molecule has 1 atom stereocenters. The standard InChI is InChI=1S/C33H25N5O3/c1-21(35-32(40)29-22(2)36-37-18-8-17-34-31(29)37)28-20-25-11-7-10-24(16-15-23-9-6-14-27(39)19-23)30(25)33(41)38(28)26-12-4-3-5-13-26/h3-13,17-21H,14H2,1-2H3,(H,35,40)/t21-/m0/s1. The summed E-state index contributed by atoms with van der Waals surface area (Å²) in [5.74, 6) is 5.79. The summed E-state index contributed by atoms with van der Waals surface area (Å²) >= 11 is 0. The number of para-hydroxylation sites is 1. The van der Waals surface area contributed by atoms with Crippen molar-refractivity contribution >= 4 is 28.1 Å². The summed E-state index contributed by atoms with van der Waals surface area (Å²) in [6.45, 7) is 3.61. The minimum Gasteiger partial charge on any atom is -0.344 e. The fourth-order valence-corrected chi connectivity index (χ4v) is 5.05. The molecule has 3 aromatic heterocycles. The van der Waals surface area contributed by atoms with Crippen LogP contribution in [0.5, 0.6) is 0 Å². The van der Waals surface area contributed by atoms with E-state index in [0.717, 1.165) is 0 Å². The third kappa shape index (κ3) is 4.85. The van der Waals surface area contributed by atoms with E-state index in [9.17, 15) is 14.4 Å². The Kier molecular flexibility index (Phi) is 6.62. The number of carbonyl (C=O) groups excluding carboxylic acids is 2. The van der Waals surface area contributed by atoms with Crippen molar-refractivity contribution in [3.8, 4) is 17.5 Å². The van der Waals surface area contributed by atoms with E-state index in [1.807, 2.05) is 61.5 Å². The highest BCUT2D eigenvalue weighted by Gasteiger charge is 2.23. The van der Waals surface area contributed by atoms with Gasteiger partial charge in [0.2, 0.25) is 0 Å². The number of aryl methyl sites for hydroxylation is 1. The van der Waals surface area contributed by atoms with Gasteiger partial charge in [-0.1, -0.05) is 48.2 Å². The average Bonchev–Trinajstić information content (AvgIpc) is 3.32. The molecule has 6 rings (SSSR count). The van der Waals surface area contributed by atoms with E-state index < -0.39 is 6.04 Å². The third-order valence-corrected chi connectivity index (χ3v) is 6.95. The summed E-state index contributed by atoms with van der Waals surface area (Å²) in [7, 11) is 0. The Morgan fingerprint density at radius 3 is 2.68 bits per heavy atom. The van der Waals surface area contributed by atoms with Crippen LogP contribution in [0.3, 0.4) is 0 Å². The predicted octanol–water partition coefficient (Wildman–Crippen LogP) is 4.64. The van der Waals surface area contributed by atoms with Gasteiger partial charge in [-0.15, -0.1) is 0 Å². The van der Waals surface area contributed by atoms with Gasteiger partial charge in [0.1, 0.15) is 5.56 Å². The highest BCUT2D eigenvalue weighted by Crippen LogP contribution is 2.24. The van der Waals surface area contributed by atoms with Crippen LogP contribution in [0.15, 0.2) is 102 Å². The molecule has 1 amide bonds. The predicted molar refractivity (Wildman–Crippen MR) is 157 cm³/mol. The molecule has 3 heterocycles. The number of nitrogens with zero attached hydrogens (tertiary/aromatic N) is 4. The number of ketones is 1. The monoisotopic (exact) mass is 539 g/mol. The van der Waals surface area contributed by atoms with Crippen molar-refractivity contribution in [1.82, 2.24) is 24.5 Å². The van der Waals surface area contributed by atoms with Crippen molar-refractivity contribution in [3.05, 3.63) is 130 Å². The Morgan fingerprint density at radius 2 is 1.88 bits per heavy atom. The molecule has 41 heavy (non-hydrogen) atoms. The molecule has 8 nitrogen and oxygen atoms in total. The number of carbonyl (C=O) groups is 2. The number of aromatic nitrogens is 4. The minimum atomic E-state index is -0.545. The number of nitrogens with one attached hydrogen (secondary N) is 1. The molecule has 0 saturated heterocycles. The van der Waals surface area contributed by atoms with Gasteiger partial charge in [-0.2, -0.15) is 5.10 Å². The maximum atomic E-state index is 14.2. The van der Waals surface area contributed by atoms with E-state index in [0.29, 0.717) is 56.6 Å². The minimum absolute atomic E-state index is 0.00285. The van der Waals surface area contributed by atoms with Gasteiger partial charge in [-0.25, -0.2) is 9.50 Å². The van der Waals surface area contributed by atoms with Crippen LogP contribution in [0.1, 0.15) is 46.7 Å². The lowest BCUT2D eigenvalue weighted by Crippen LogP contribution is -2.32. The number of hydrogen-bond donors (Lipinski definition) is 1. The molecule has 2 aromatic carbocycles. The van der Waals surface area contributed by atoms with E-state index in [1.165, 1.54) is 6.08 Å². The summed E-state index contributed by atoms with van der Waals surface area (Å²) in [6.07, 6.45) is 8.84. The molecule has 8 heteroatoms. The van der Waals surface area contributed by atoms with Gasteiger partial charge in [0, 0.05) is 41.3 Å². The lowest BCUT2D eigenvalue weighted by molar-refractivity contribution is -0.113. The largest absolute Gasteiger partial charge is 0.344 e. The topological polar surface area (TPSA) is 98.4 Å². The molecule has 0 fully saturated rings. The fourth-order valence-electron chi connectivity index (χ4n) is 5.05. The Bertz CT molecular complexity index is 2040. The van der Waals surface area contributed by atoms with Crippen LogP contribution in [0.4, 0.5) is 0 Å². The van der Waals surface area contributed by atoms with E-state index >= 15 is 0 Å². The fraction of sp³-hybridized carbons (Fsp3) is 0.121. The van der Waals surface area contributed by atoms with Crippen molar-refractivity contribution in [3.63, 3.8) is 0 Å². The van der Waals surface area contributed by atoms with Crippen LogP contribution >= 0.6 is 0 Å². The quantitative estimate of drug-likeness (QED) is 0.336. The lowest BCUT2D eigenvalue weighted by Gasteiger charge is -2.21. The van der Waals surface area contributed by atoms with Crippen molar-refractivity contribution in [2.24, 2.45) is 0 Å². The molecule has 0 spiro atoms. The maximum Gasteiger partial charge on any atom is 0.264 e. The van der Waals surface area contributed by atoms with Crippen molar-refractivity contribution in [2.75, 3.05) is 0 Å². The Labute approximate surface area is 235 Å². The zero-order valence-electron chi connectivity index (χ0n) is 22.5. The van der Waals surface area contributed by atoms with Crippen LogP contribution < -0.4 is 10.9 Å². The number of pyridine rings is 1. The molecular formula is C33H25N5O3. The first-order valence-electron chi connectivity index (χ1n) is 13.2. The Hall–Kier alpha value is -5.55. The van der Waals surface area contributed by atoms with Crippen LogP contribution in [0.2, 0.25) is 0 Å². The van der Waals surface area contributed by atoms with Crippen LogP contribution in [0, 0.1) is 18.8 Å². The number of rotatable bonds is 4. The third-order valence-electron chi connectivity index (χ3n) is 6.95. The first-order chi connectivity index (χ1) is 19.9. The first kappa shape index (κ1) is 25.7. The number of amides is 1. The van der Waals surface area contributed by atoms with Crippen LogP contribution in [-0.2, 0) is 4.79 Å². The SMILES string of the molecule is Cc1nn2cccnc2c1C(=O)N[C@@H](C)c1cc2cccc(C#CC3=CC(=O)CC=C3)c2c(=O)n1-c1ccccc1. The molecule has 0 unspecified atom stereocenters. The second kappa shape index (κ2) is 10.5. The van der Waals surface area contributed by atoms with Gasteiger partial charge >= 0.3 is 0 Å². The second-order valence-electron chi connectivity index (χ2n) is 9.78. The molecule has 1 aliphatic carbocycles. The highest BCUT2D eigenvalue weighted by molar-refractivity contribution is 6.01. The number of fused-ring (bicyclic) bond motifs is 2. The summed E-state index contributed by atoms with van der Waals surface area (Å²) in [5.41, 5.74) is 3.57. The second-order valence-corrected chi connectivity index (χ2v) is 9.78. The van der Waals surface area contributed by atoms with Crippen LogP contribution in [0.25, 0.3) is 22.1 Å². The van der Waals surface area contributed by atoms with Gasteiger partial charge in [-0.05, 0) is 61.7 Å². The van der Waals surface area contributed by atoms with Gasteiger partial charge < -0.3 is 5.32 Å². The molecule has 1 N–H and O–H groups in total. The van der Waals surface area contributed by atoms with Crippen molar-refractivity contribution in [1.29, 1.82) is 0 Å². The summed E-state index contributed by atoms with van der Waals surface area (Å²) in [6, 6.07) is 17.9.